The Morgan fingerprint density at radius 1 is 1.06 bits per heavy atom. The fraction of sp³-hybridized carbons (Fsp3) is 0.391. The molecule has 8 heteroatoms. The number of sulfonamides is 1. The molecule has 0 atom stereocenters. The molecule has 164 valence electrons. The maximum Gasteiger partial charge on any atom is 0.255 e. The second-order valence-corrected chi connectivity index (χ2v) is 9.40. The molecule has 3 rings (SSSR count). The van der Waals surface area contributed by atoms with E-state index in [9.17, 15) is 13.2 Å². The Hall–Kier alpha value is -2.89. The third kappa shape index (κ3) is 5.06. The van der Waals surface area contributed by atoms with E-state index in [1.165, 1.54) is 4.31 Å². The Labute approximate surface area is 184 Å². The Bertz CT molecular complexity index is 1060. The second-order valence-electron chi connectivity index (χ2n) is 7.46. The number of hydrogen-bond donors (Lipinski definition) is 1. The molecule has 1 aliphatic rings. The van der Waals surface area contributed by atoms with Gasteiger partial charge in [0.2, 0.25) is 10.0 Å². The number of rotatable bonds is 7. The normalized spacial score (nSPS) is 14.6. The first kappa shape index (κ1) is 22.8. The molecule has 0 saturated carbocycles. The molecular formula is C23H28N4O3S. The van der Waals surface area contributed by atoms with Crippen molar-refractivity contribution in [3.05, 3.63) is 53.6 Å². The first-order valence-electron chi connectivity index (χ1n) is 10.6. The van der Waals surface area contributed by atoms with Gasteiger partial charge >= 0.3 is 0 Å². The number of nitriles is 1. The summed E-state index contributed by atoms with van der Waals surface area (Å²) < 4.78 is 27.8. The molecule has 0 radical (unpaired) electrons. The van der Waals surface area contributed by atoms with Crippen LogP contribution in [0.25, 0.3) is 0 Å². The minimum Gasteiger partial charge on any atom is -0.370 e. The first-order chi connectivity index (χ1) is 14.9. The lowest BCUT2D eigenvalue weighted by molar-refractivity contribution is 0.102. The van der Waals surface area contributed by atoms with E-state index in [0.29, 0.717) is 43.0 Å². The highest BCUT2D eigenvalue weighted by molar-refractivity contribution is 7.89. The fourth-order valence-electron chi connectivity index (χ4n) is 3.76. The van der Waals surface area contributed by atoms with Gasteiger partial charge in [-0.2, -0.15) is 9.57 Å². The van der Waals surface area contributed by atoms with E-state index >= 15 is 0 Å². The van der Waals surface area contributed by atoms with Crippen LogP contribution < -0.4 is 10.2 Å². The predicted molar refractivity (Wildman–Crippen MR) is 122 cm³/mol. The van der Waals surface area contributed by atoms with Gasteiger partial charge in [-0.25, -0.2) is 8.42 Å². The molecule has 2 aromatic rings. The number of amides is 1. The lowest BCUT2D eigenvalue weighted by Gasteiger charge is -2.28. The Balaban J connectivity index is 1.97. The standard InChI is InChI=1S/C23H28N4O3S/c1-3-26(4-2)22-13-12-20(31(29,30)27-14-6-5-7-15-27)16-21(22)25-23(28)19-10-8-18(17-24)9-11-19/h8-13,16H,3-7,14-15H2,1-2H3,(H,25,28). The molecule has 2 aromatic carbocycles. The first-order valence-corrected chi connectivity index (χ1v) is 12.0. The Morgan fingerprint density at radius 3 is 2.29 bits per heavy atom. The molecule has 0 bridgehead atoms. The number of nitrogens with zero attached hydrogens (tertiary/aromatic N) is 3. The van der Waals surface area contributed by atoms with E-state index in [1.807, 2.05) is 19.9 Å². The lowest BCUT2D eigenvalue weighted by atomic mass is 10.1. The average molecular weight is 441 g/mol. The maximum absolute atomic E-state index is 13.2. The molecule has 1 saturated heterocycles. The van der Waals surface area contributed by atoms with E-state index < -0.39 is 10.0 Å². The van der Waals surface area contributed by atoms with Gasteiger partial charge in [-0.05, 0) is 69.2 Å². The van der Waals surface area contributed by atoms with Gasteiger partial charge < -0.3 is 10.2 Å². The minimum absolute atomic E-state index is 0.181. The highest BCUT2D eigenvalue weighted by Gasteiger charge is 2.27. The van der Waals surface area contributed by atoms with Crippen molar-refractivity contribution in [1.82, 2.24) is 4.31 Å². The summed E-state index contributed by atoms with van der Waals surface area (Å²) >= 11 is 0. The summed E-state index contributed by atoms with van der Waals surface area (Å²) in [7, 11) is -3.62. The van der Waals surface area contributed by atoms with Gasteiger partial charge in [0.1, 0.15) is 0 Å². The number of carbonyl (C=O) groups is 1. The molecule has 1 N–H and O–H groups in total. The van der Waals surface area contributed by atoms with Crippen molar-refractivity contribution in [3.63, 3.8) is 0 Å². The molecule has 1 heterocycles. The van der Waals surface area contributed by atoms with E-state index in [1.54, 1.807) is 42.5 Å². The maximum atomic E-state index is 13.2. The topological polar surface area (TPSA) is 93.5 Å². The zero-order chi connectivity index (χ0) is 22.4. The molecule has 0 spiro atoms. The highest BCUT2D eigenvalue weighted by atomic mass is 32.2. The third-order valence-corrected chi connectivity index (χ3v) is 7.44. The fourth-order valence-corrected chi connectivity index (χ4v) is 5.30. The number of carbonyl (C=O) groups excluding carboxylic acids is 1. The van der Waals surface area contributed by atoms with E-state index in [2.05, 4.69) is 10.2 Å². The van der Waals surface area contributed by atoms with Crippen molar-refractivity contribution in [3.8, 4) is 6.07 Å². The quantitative estimate of drug-likeness (QED) is 0.706. The zero-order valence-electron chi connectivity index (χ0n) is 18.0. The number of benzene rings is 2. The molecule has 0 aromatic heterocycles. The minimum atomic E-state index is -3.62. The summed E-state index contributed by atoms with van der Waals surface area (Å²) in [6.07, 6.45) is 2.76. The largest absolute Gasteiger partial charge is 0.370 e. The van der Waals surface area contributed by atoms with Gasteiger partial charge in [0, 0.05) is 31.7 Å². The Morgan fingerprint density at radius 2 is 1.71 bits per heavy atom. The van der Waals surface area contributed by atoms with Crippen LogP contribution in [0, 0.1) is 11.3 Å². The summed E-state index contributed by atoms with van der Waals surface area (Å²) in [5.74, 6) is -0.356. The van der Waals surface area contributed by atoms with Crippen LogP contribution in [0.3, 0.4) is 0 Å². The van der Waals surface area contributed by atoms with Crippen molar-refractivity contribution in [2.45, 2.75) is 38.0 Å². The van der Waals surface area contributed by atoms with Gasteiger partial charge in [-0.1, -0.05) is 6.42 Å². The smallest absolute Gasteiger partial charge is 0.255 e. The molecular weight excluding hydrogens is 412 g/mol. The molecule has 7 nitrogen and oxygen atoms in total. The van der Waals surface area contributed by atoms with Crippen LogP contribution in [-0.4, -0.2) is 44.8 Å². The van der Waals surface area contributed by atoms with E-state index in [0.717, 1.165) is 24.9 Å². The van der Waals surface area contributed by atoms with E-state index in [4.69, 9.17) is 5.26 Å². The third-order valence-electron chi connectivity index (χ3n) is 5.55. The van der Waals surface area contributed by atoms with Gasteiger partial charge in [0.05, 0.1) is 27.9 Å². The molecule has 1 amide bonds. The van der Waals surface area contributed by atoms with Gasteiger partial charge in [-0.15, -0.1) is 0 Å². The Kier molecular flexibility index (Phi) is 7.31. The summed E-state index contributed by atoms with van der Waals surface area (Å²) in [4.78, 5) is 15.1. The average Bonchev–Trinajstić information content (AvgIpc) is 2.81. The predicted octanol–water partition coefficient (Wildman–Crippen LogP) is 3.83. The monoisotopic (exact) mass is 440 g/mol. The summed E-state index contributed by atoms with van der Waals surface area (Å²) in [6.45, 7) is 6.49. The van der Waals surface area contributed by atoms with Crippen molar-refractivity contribution >= 4 is 27.3 Å². The van der Waals surface area contributed by atoms with Crippen LogP contribution >= 0.6 is 0 Å². The highest BCUT2D eigenvalue weighted by Crippen LogP contribution is 2.31. The summed E-state index contributed by atoms with van der Waals surface area (Å²) in [6, 6.07) is 13.3. The van der Waals surface area contributed by atoms with E-state index in [-0.39, 0.29) is 10.8 Å². The van der Waals surface area contributed by atoms with Crippen LogP contribution in [0.2, 0.25) is 0 Å². The number of nitrogens with one attached hydrogen (secondary N) is 1. The van der Waals surface area contributed by atoms with Crippen molar-refractivity contribution in [1.29, 1.82) is 5.26 Å². The lowest BCUT2D eigenvalue weighted by Crippen LogP contribution is -2.35. The molecule has 0 unspecified atom stereocenters. The van der Waals surface area contributed by atoms with Crippen LogP contribution in [0.15, 0.2) is 47.4 Å². The number of hydrogen-bond acceptors (Lipinski definition) is 5. The number of piperidine rings is 1. The molecule has 1 fully saturated rings. The molecule has 1 aliphatic heterocycles. The van der Waals surface area contributed by atoms with Gasteiger partial charge in [-0.3, -0.25) is 4.79 Å². The van der Waals surface area contributed by atoms with Crippen LogP contribution in [-0.2, 0) is 10.0 Å². The van der Waals surface area contributed by atoms with Crippen LogP contribution in [0.5, 0.6) is 0 Å². The summed E-state index contributed by atoms with van der Waals surface area (Å²) in [5.41, 5.74) is 2.09. The SMILES string of the molecule is CCN(CC)c1ccc(S(=O)(=O)N2CCCCC2)cc1NC(=O)c1ccc(C#N)cc1. The molecule has 0 aliphatic carbocycles. The van der Waals surface area contributed by atoms with Crippen molar-refractivity contribution in [2.75, 3.05) is 36.4 Å². The van der Waals surface area contributed by atoms with Crippen LogP contribution in [0.1, 0.15) is 49.0 Å². The van der Waals surface area contributed by atoms with Gasteiger partial charge in [0.15, 0.2) is 0 Å². The van der Waals surface area contributed by atoms with Gasteiger partial charge in [0.25, 0.3) is 5.91 Å². The number of anilines is 2. The van der Waals surface area contributed by atoms with Crippen molar-refractivity contribution < 1.29 is 13.2 Å². The second kappa shape index (κ2) is 9.94. The zero-order valence-corrected chi connectivity index (χ0v) is 18.8. The molecule has 31 heavy (non-hydrogen) atoms. The van der Waals surface area contributed by atoms with Crippen LogP contribution in [0.4, 0.5) is 11.4 Å². The van der Waals surface area contributed by atoms with Crippen molar-refractivity contribution in [2.24, 2.45) is 0 Å². The summed E-state index contributed by atoms with van der Waals surface area (Å²) in [5, 5.41) is 11.8.